The number of carbonyl (C=O) groups is 1. The summed E-state index contributed by atoms with van der Waals surface area (Å²) in [6, 6.07) is 0. The zero-order valence-corrected chi connectivity index (χ0v) is 6.42. The summed E-state index contributed by atoms with van der Waals surface area (Å²) in [4.78, 5) is 10.1. The molecule has 0 aliphatic heterocycles. The maximum atomic E-state index is 10.1. The molecular weight excluding hydrogens is 156 g/mol. The number of rotatable bonds is 2. The third-order valence-electron chi connectivity index (χ3n) is 1.61. The molecule has 0 bridgehead atoms. The van der Waals surface area contributed by atoms with Crippen LogP contribution < -0.4 is 0 Å². The van der Waals surface area contributed by atoms with Crippen LogP contribution in [0.1, 0.15) is 0 Å². The maximum Gasteiger partial charge on any atom is 0.327 e. The molecule has 0 aromatic carbocycles. The van der Waals surface area contributed by atoms with Gasteiger partial charge in [0.2, 0.25) is 0 Å². The molecule has 0 aromatic rings. The van der Waals surface area contributed by atoms with Crippen LogP contribution in [0.2, 0.25) is 0 Å². The molecule has 0 fully saturated rings. The minimum absolute atomic E-state index is 0.217. The second-order valence-electron chi connectivity index (χ2n) is 2.54. The summed E-state index contributed by atoms with van der Waals surface area (Å²) in [5.41, 5.74) is 0. The molecule has 3 heteroatoms. The Hall–Kier alpha value is -1.35. The minimum Gasteiger partial charge on any atom is -0.478 e. The summed E-state index contributed by atoms with van der Waals surface area (Å²) in [5.74, 6) is -1.21. The Morgan fingerprint density at radius 2 is 2.00 bits per heavy atom. The summed E-state index contributed by atoms with van der Waals surface area (Å²) in [6.45, 7) is 0. The van der Waals surface area contributed by atoms with Gasteiger partial charge in [-0.2, -0.15) is 0 Å². The van der Waals surface area contributed by atoms with Crippen LogP contribution in [0.5, 0.6) is 0 Å². The monoisotopic (exact) mass is 166 g/mol. The van der Waals surface area contributed by atoms with Crippen LogP contribution >= 0.6 is 0 Å². The van der Waals surface area contributed by atoms with Gasteiger partial charge in [-0.1, -0.05) is 30.4 Å². The largest absolute Gasteiger partial charge is 0.478 e. The Kier molecular flexibility index (Phi) is 2.82. The van der Waals surface area contributed by atoms with E-state index in [-0.39, 0.29) is 5.92 Å². The second-order valence-corrected chi connectivity index (χ2v) is 2.54. The number of carboxylic acid groups (broad SMARTS) is 1. The molecule has 0 heterocycles. The Morgan fingerprint density at radius 3 is 2.58 bits per heavy atom. The Bertz CT molecular complexity index is 250. The average Bonchev–Trinajstić information content (AvgIpc) is 2.03. The first-order valence-corrected chi connectivity index (χ1v) is 3.64. The number of aliphatic hydroxyl groups excluding tert-OH is 1. The van der Waals surface area contributed by atoms with Crippen LogP contribution in [-0.2, 0) is 4.79 Å². The zero-order valence-electron chi connectivity index (χ0n) is 6.42. The molecular formula is C9H10O3. The molecule has 2 atom stereocenters. The average molecular weight is 166 g/mol. The highest BCUT2D eigenvalue weighted by atomic mass is 16.4. The van der Waals surface area contributed by atoms with Crippen molar-refractivity contribution in [3.63, 3.8) is 0 Å². The van der Waals surface area contributed by atoms with Crippen LogP contribution in [0.3, 0.4) is 0 Å². The fourth-order valence-corrected chi connectivity index (χ4v) is 0.984. The van der Waals surface area contributed by atoms with Crippen LogP contribution in [0, 0.1) is 5.92 Å². The van der Waals surface area contributed by atoms with Gasteiger partial charge < -0.3 is 10.2 Å². The number of hydrogen-bond donors (Lipinski definition) is 2. The van der Waals surface area contributed by atoms with Crippen molar-refractivity contribution in [1.29, 1.82) is 0 Å². The van der Waals surface area contributed by atoms with Gasteiger partial charge in [0.1, 0.15) is 0 Å². The molecule has 1 rings (SSSR count). The van der Waals surface area contributed by atoms with E-state index in [1.807, 2.05) is 0 Å². The van der Waals surface area contributed by atoms with Gasteiger partial charge in [0.05, 0.1) is 6.10 Å². The van der Waals surface area contributed by atoms with Crippen molar-refractivity contribution < 1.29 is 15.0 Å². The molecule has 0 amide bonds. The molecule has 0 saturated carbocycles. The van der Waals surface area contributed by atoms with Gasteiger partial charge >= 0.3 is 5.97 Å². The smallest absolute Gasteiger partial charge is 0.327 e. The first kappa shape index (κ1) is 8.74. The molecule has 64 valence electrons. The van der Waals surface area contributed by atoms with E-state index in [9.17, 15) is 9.90 Å². The van der Waals surface area contributed by atoms with Crippen molar-refractivity contribution in [2.45, 2.75) is 6.10 Å². The molecule has 0 spiro atoms. The number of aliphatic hydroxyl groups is 1. The lowest BCUT2D eigenvalue weighted by Gasteiger charge is -2.14. The van der Waals surface area contributed by atoms with Gasteiger partial charge in [-0.15, -0.1) is 0 Å². The molecule has 0 saturated heterocycles. The SMILES string of the molecule is O=C(O)/C=C/C1C=CC=CC1O. The fraction of sp³-hybridized carbons (Fsp3) is 0.222. The lowest BCUT2D eigenvalue weighted by molar-refractivity contribution is -0.131. The molecule has 3 nitrogen and oxygen atoms in total. The first-order chi connectivity index (χ1) is 5.70. The highest BCUT2D eigenvalue weighted by Gasteiger charge is 2.11. The predicted octanol–water partition coefficient (Wildman–Crippen LogP) is 0.730. The van der Waals surface area contributed by atoms with E-state index in [1.165, 1.54) is 6.08 Å². The van der Waals surface area contributed by atoms with Gasteiger partial charge in [0, 0.05) is 12.0 Å². The van der Waals surface area contributed by atoms with Gasteiger partial charge in [-0.05, 0) is 0 Å². The quantitative estimate of drug-likeness (QED) is 0.594. The maximum absolute atomic E-state index is 10.1. The van der Waals surface area contributed by atoms with E-state index in [0.717, 1.165) is 6.08 Å². The fourth-order valence-electron chi connectivity index (χ4n) is 0.984. The standard InChI is InChI=1S/C9H10O3/c10-8-4-2-1-3-7(8)5-6-9(11)12/h1-8,10H,(H,11,12)/b6-5+. The van der Waals surface area contributed by atoms with Gasteiger partial charge in [-0.25, -0.2) is 4.79 Å². The van der Waals surface area contributed by atoms with Crippen molar-refractivity contribution in [3.8, 4) is 0 Å². The Labute approximate surface area is 70.3 Å². The summed E-state index contributed by atoms with van der Waals surface area (Å²) >= 11 is 0. The molecule has 0 radical (unpaired) electrons. The number of carboxylic acids is 1. The lowest BCUT2D eigenvalue weighted by atomic mass is 9.97. The summed E-state index contributed by atoms with van der Waals surface area (Å²) in [5, 5.41) is 17.6. The first-order valence-electron chi connectivity index (χ1n) is 3.64. The van der Waals surface area contributed by atoms with E-state index in [1.54, 1.807) is 24.3 Å². The van der Waals surface area contributed by atoms with Crippen LogP contribution in [0.4, 0.5) is 0 Å². The van der Waals surface area contributed by atoms with Gasteiger partial charge in [0.25, 0.3) is 0 Å². The van der Waals surface area contributed by atoms with Crippen molar-refractivity contribution >= 4 is 5.97 Å². The van der Waals surface area contributed by atoms with Crippen LogP contribution in [0.25, 0.3) is 0 Å². The van der Waals surface area contributed by atoms with Gasteiger partial charge in [-0.3, -0.25) is 0 Å². The Balaban J connectivity index is 2.58. The number of aliphatic carboxylic acids is 1. The molecule has 2 unspecified atom stereocenters. The lowest BCUT2D eigenvalue weighted by Crippen LogP contribution is -2.15. The normalized spacial score (nSPS) is 28.1. The molecule has 1 aliphatic carbocycles. The van der Waals surface area contributed by atoms with E-state index in [0.29, 0.717) is 0 Å². The third kappa shape index (κ3) is 2.36. The van der Waals surface area contributed by atoms with Crippen molar-refractivity contribution in [3.05, 3.63) is 36.5 Å². The van der Waals surface area contributed by atoms with Gasteiger partial charge in [0.15, 0.2) is 0 Å². The van der Waals surface area contributed by atoms with E-state index in [4.69, 9.17) is 5.11 Å². The Morgan fingerprint density at radius 1 is 1.33 bits per heavy atom. The third-order valence-corrected chi connectivity index (χ3v) is 1.61. The highest BCUT2D eigenvalue weighted by Crippen LogP contribution is 2.13. The predicted molar refractivity (Wildman–Crippen MR) is 44.6 cm³/mol. The molecule has 1 aliphatic rings. The summed E-state index contributed by atoms with van der Waals surface area (Å²) in [7, 11) is 0. The number of hydrogen-bond acceptors (Lipinski definition) is 2. The van der Waals surface area contributed by atoms with E-state index >= 15 is 0 Å². The summed E-state index contributed by atoms with van der Waals surface area (Å²) < 4.78 is 0. The molecule has 0 aromatic heterocycles. The summed E-state index contributed by atoms with van der Waals surface area (Å²) in [6.07, 6.45) is 8.79. The van der Waals surface area contributed by atoms with E-state index in [2.05, 4.69) is 0 Å². The molecule has 12 heavy (non-hydrogen) atoms. The van der Waals surface area contributed by atoms with E-state index < -0.39 is 12.1 Å². The van der Waals surface area contributed by atoms with Crippen LogP contribution in [-0.4, -0.2) is 22.3 Å². The number of allylic oxidation sites excluding steroid dienone is 2. The second kappa shape index (κ2) is 3.88. The van der Waals surface area contributed by atoms with Crippen molar-refractivity contribution in [2.24, 2.45) is 5.92 Å². The van der Waals surface area contributed by atoms with Crippen LogP contribution in [0.15, 0.2) is 36.5 Å². The highest BCUT2D eigenvalue weighted by molar-refractivity contribution is 5.79. The zero-order chi connectivity index (χ0) is 8.97. The minimum atomic E-state index is -0.995. The molecule has 2 N–H and O–H groups in total. The van der Waals surface area contributed by atoms with Crippen molar-refractivity contribution in [1.82, 2.24) is 0 Å². The topological polar surface area (TPSA) is 57.5 Å². The van der Waals surface area contributed by atoms with Crippen molar-refractivity contribution in [2.75, 3.05) is 0 Å².